The number of carbonyl (C=O) groups excluding carboxylic acids is 1. The number of carbonyl (C=O) groups is 1. The highest BCUT2D eigenvalue weighted by molar-refractivity contribution is 5.97. The van der Waals surface area contributed by atoms with Gasteiger partial charge < -0.3 is 4.90 Å². The number of anilines is 1. The van der Waals surface area contributed by atoms with E-state index in [1.807, 2.05) is 24.8 Å². The highest BCUT2D eigenvalue weighted by atomic mass is 16.2. The lowest BCUT2D eigenvalue weighted by Crippen LogP contribution is -2.25. The van der Waals surface area contributed by atoms with Crippen molar-refractivity contribution in [3.8, 4) is 0 Å². The number of hydrogen-bond donors (Lipinski definition) is 0. The molecule has 17 heavy (non-hydrogen) atoms. The van der Waals surface area contributed by atoms with E-state index in [-0.39, 0.29) is 5.91 Å². The summed E-state index contributed by atoms with van der Waals surface area (Å²) in [7, 11) is 0. The van der Waals surface area contributed by atoms with E-state index in [1.54, 1.807) is 0 Å². The molecule has 0 aromatic heterocycles. The lowest BCUT2D eigenvalue weighted by Gasteiger charge is -2.21. The second-order valence-corrected chi connectivity index (χ2v) is 4.55. The van der Waals surface area contributed by atoms with Crippen LogP contribution >= 0.6 is 0 Å². The van der Waals surface area contributed by atoms with Crippen LogP contribution < -0.4 is 4.90 Å². The number of rotatable bonds is 1. The minimum absolute atomic E-state index is 0.264. The van der Waals surface area contributed by atoms with Crippen LogP contribution in [-0.2, 0) is 4.79 Å². The maximum atomic E-state index is 11.8. The number of benzene rings is 1. The Labute approximate surface area is 105 Å². The van der Waals surface area contributed by atoms with Crippen LogP contribution in [0.1, 0.15) is 38.3 Å². The normalized spacial score (nSPS) is 19.0. The van der Waals surface area contributed by atoms with Gasteiger partial charge in [0.15, 0.2) is 0 Å². The van der Waals surface area contributed by atoms with Gasteiger partial charge in [-0.1, -0.05) is 39.0 Å². The smallest absolute Gasteiger partial charge is 0.227 e. The highest BCUT2D eigenvalue weighted by Gasteiger charge is 2.29. The van der Waals surface area contributed by atoms with Gasteiger partial charge in [0.25, 0.3) is 0 Å². The summed E-state index contributed by atoms with van der Waals surface area (Å²) in [6.45, 7) is 11.1. The minimum Gasteiger partial charge on any atom is -0.312 e. The standard InChI is InChI=1S/C13H17NO.C2H6/c1-9-7-12(15)14(8-9)13-10(2)5-4-6-11(13)3;1-2/h4-6,9H,7-8H2,1-3H3;1-2H3. The zero-order valence-corrected chi connectivity index (χ0v) is 11.6. The Balaban J connectivity index is 0.000000686. The number of aryl methyl sites for hydroxylation is 2. The largest absolute Gasteiger partial charge is 0.312 e. The van der Waals surface area contributed by atoms with Gasteiger partial charge in [-0.3, -0.25) is 4.79 Å². The molecule has 0 N–H and O–H groups in total. The molecule has 1 atom stereocenters. The lowest BCUT2D eigenvalue weighted by atomic mass is 10.1. The summed E-state index contributed by atoms with van der Waals surface area (Å²) >= 11 is 0. The van der Waals surface area contributed by atoms with E-state index < -0.39 is 0 Å². The van der Waals surface area contributed by atoms with Gasteiger partial charge in [-0.2, -0.15) is 0 Å². The Morgan fingerprint density at radius 2 is 1.71 bits per heavy atom. The fraction of sp³-hybridized carbons (Fsp3) is 0.533. The maximum Gasteiger partial charge on any atom is 0.227 e. The summed E-state index contributed by atoms with van der Waals surface area (Å²) in [4.78, 5) is 13.8. The van der Waals surface area contributed by atoms with Crippen molar-refractivity contribution < 1.29 is 4.79 Å². The predicted octanol–water partition coefficient (Wildman–Crippen LogP) is 3.70. The summed E-state index contributed by atoms with van der Waals surface area (Å²) < 4.78 is 0. The van der Waals surface area contributed by atoms with Crippen LogP contribution in [0.2, 0.25) is 0 Å². The van der Waals surface area contributed by atoms with Crippen LogP contribution in [0, 0.1) is 19.8 Å². The Bertz CT molecular complexity index is 378. The van der Waals surface area contributed by atoms with Gasteiger partial charge in [0.1, 0.15) is 0 Å². The molecule has 1 aromatic carbocycles. The van der Waals surface area contributed by atoms with Crippen molar-refractivity contribution in [1.29, 1.82) is 0 Å². The third kappa shape index (κ3) is 2.87. The first-order valence-electron chi connectivity index (χ1n) is 6.46. The molecule has 0 spiro atoms. The SMILES string of the molecule is CC.Cc1cccc(C)c1N1CC(C)CC1=O. The summed E-state index contributed by atoms with van der Waals surface area (Å²) in [5, 5.41) is 0. The molecule has 0 saturated carbocycles. The number of para-hydroxylation sites is 1. The average molecular weight is 233 g/mol. The van der Waals surface area contributed by atoms with E-state index in [0.29, 0.717) is 12.3 Å². The Hall–Kier alpha value is -1.31. The number of amides is 1. The topological polar surface area (TPSA) is 20.3 Å². The van der Waals surface area contributed by atoms with Crippen LogP contribution in [0.4, 0.5) is 5.69 Å². The first-order valence-corrected chi connectivity index (χ1v) is 6.46. The second kappa shape index (κ2) is 5.85. The zero-order chi connectivity index (χ0) is 13.0. The van der Waals surface area contributed by atoms with Crippen LogP contribution in [0.3, 0.4) is 0 Å². The van der Waals surface area contributed by atoms with Crippen LogP contribution in [-0.4, -0.2) is 12.5 Å². The van der Waals surface area contributed by atoms with Crippen molar-refractivity contribution >= 4 is 11.6 Å². The summed E-state index contributed by atoms with van der Waals surface area (Å²) in [5.74, 6) is 0.747. The van der Waals surface area contributed by atoms with E-state index in [4.69, 9.17) is 0 Å². The molecule has 0 bridgehead atoms. The molecule has 1 aliphatic heterocycles. The van der Waals surface area contributed by atoms with E-state index in [2.05, 4.69) is 32.9 Å². The molecule has 2 nitrogen and oxygen atoms in total. The fourth-order valence-electron chi connectivity index (χ4n) is 2.33. The van der Waals surface area contributed by atoms with Gasteiger partial charge in [0.2, 0.25) is 5.91 Å². The van der Waals surface area contributed by atoms with E-state index in [1.165, 1.54) is 11.1 Å². The van der Waals surface area contributed by atoms with Crippen LogP contribution in [0.15, 0.2) is 18.2 Å². The van der Waals surface area contributed by atoms with Gasteiger partial charge in [0.05, 0.1) is 0 Å². The van der Waals surface area contributed by atoms with Crippen LogP contribution in [0.5, 0.6) is 0 Å². The third-order valence-electron chi connectivity index (χ3n) is 3.03. The van der Waals surface area contributed by atoms with E-state index >= 15 is 0 Å². The van der Waals surface area contributed by atoms with E-state index in [9.17, 15) is 4.79 Å². The number of hydrogen-bond acceptors (Lipinski definition) is 1. The first kappa shape index (κ1) is 13.8. The maximum absolute atomic E-state index is 11.8. The third-order valence-corrected chi connectivity index (χ3v) is 3.03. The van der Waals surface area contributed by atoms with Crippen molar-refractivity contribution in [2.75, 3.05) is 11.4 Å². The van der Waals surface area contributed by atoms with Gasteiger partial charge in [0, 0.05) is 18.7 Å². The summed E-state index contributed by atoms with van der Waals surface area (Å²) in [6.07, 6.45) is 0.688. The molecule has 1 amide bonds. The molecule has 1 fully saturated rings. The van der Waals surface area contributed by atoms with Gasteiger partial charge in [-0.25, -0.2) is 0 Å². The molecule has 1 heterocycles. The van der Waals surface area contributed by atoms with Crippen molar-refractivity contribution in [3.63, 3.8) is 0 Å². The molecular weight excluding hydrogens is 210 g/mol. The predicted molar refractivity (Wildman–Crippen MR) is 73.4 cm³/mol. The average Bonchev–Trinajstić information content (AvgIpc) is 2.61. The van der Waals surface area contributed by atoms with Crippen molar-refractivity contribution in [1.82, 2.24) is 0 Å². The van der Waals surface area contributed by atoms with Crippen molar-refractivity contribution in [2.24, 2.45) is 5.92 Å². The second-order valence-electron chi connectivity index (χ2n) is 4.55. The van der Waals surface area contributed by atoms with E-state index in [0.717, 1.165) is 12.2 Å². The molecule has 0 radical (unpaired) electrons. The Morgan fingerprint density at radius 1 is 1.18 bits per heavy atom. The Morgan fingerprint density at radius 3 is 2.12 bits per heavy atom. The molecule has 2 rings (SSSR count). The monoisotopic (exact) mass is 233 g/mol. The molecule has 1 saturated heterocycles. The van der Waals surface area contributed by atoms with Gasteiger partial charge in [-0.15, -0.1) is 0 Å². The zero-order valence-electron chi connectivity index (χ0n) is 11.6. The van der Waals surface area contributed by atoms with Gasteiger partial charge in [-0.05, 0) is 30.9 Å². The fourth-order valence-corrected chi connectivity index (χ4v) is 2.33. The number of nitrogens with zero attached hydrogens (tertiary/aromatic N) is 1. The molecule has 1 aromatic rings. The highest BCUT2D eigenvalue weighted by Crippen LogP contribution is 2.30. The molecule has 94 valence electrons. The molecule has 1 unspecified atom stereocenters. The first-order chi connectivity index (χ1) is 8.09. The van der Waals surface area contributed by atoms with Gasteiger partial charge >= 0.3 is 0 Å². The Kier molecular flexibility index (Phi) is 4.73. The minimum atomic E-state index is 0.264. The molecule has 1 aliphatic rings. The molecule has 2 heteroatoms. The van der Waals surface area contributed by atoms with Crippen molar-refractivity contribution in [2.45, 2.75) is 41.0 Å². The lowest BCUT2D eigenvalue weighted by molar-refractivity contribution is -0.117. The molecular formula is C15H23NO. The van der Waals surface area contributed by atoms with Crippen molar-refractivity contribution in [3.05, 3.63) is 29.3 Å². The quantitative estimate of drug-likeness (QED) is 0.724. The molecule has 0 aliphatic carbocycles. The summed E-state index contributed by atoms with van der Waals surface area (Å²) in [6, 6.07) is 6.18. The van der Waals surface area contributed by atoms with Crippen LogP contribution in [0.25, 0.3) is 0 Å². The summed E-state index contributed by atoms with van der Waals surface area (Å²) in [5.41, 5.74) is 3.50.